The Bertz CT molecular complexity index is 1290. The molecule has 0 saturated carbocycles. The third-order valence-corrected chi connectivity index (χ3v) is 6.87. The zero-order chi connectivity index (χ0) is 22.8. The van der Waals surface area contributed by atoms with Crippen LogP contribution < -0.4 is 4.90 Å². The fourth-order valence-corrected chi connectivity index (χ4v) is 5.03. The third kappa shape index (κ3) is 4.28. The first-order valence-electron chi connectivity index (χ1n) is 10.9. The standard InChI is InChI=1S/C26H23FN4OS/c1-18(25(32)30-16-15-20-11-5-8-14-23(20)30)33-26-29-28-24(21-12-6-7-13-22(21)27)31(26)17-19-9-3-2-4-10-19/h2-14,18H,15-17H2,1H3. The van der Waals surface area contributed by atoms with Gasteiger partial charge in [-0.3, -0.25) is 9.36 Å². The van der Waals surface area contributed by atoms with E-state index in [1.165, 1.54) is 23.4 Å². The number of para-hydroxylation sites is 1. The van der Waals surface area contributed by atoms with Crippen molar-refractivity contribution in [3.8, 4) is 11.4 Å². The lowest BCUT2D eigenvalue weighted by Crippen LogP contribution is -2.35. The molecule has 0 saturated heterocycles. The summed E-state index contributed by atoms with van der Waals surface area (Å²) in [7, 11) is 0. The van der Waals surface area contributed by atoms with Crippen LogP contribution in [0.3, 0.4) is 0 Å². The molecule has 2 heterocycles. The first kappa shape index (κ1) is 21.4. The van der Waals surface area contributed by atoms with Crippen LogP contribution in [0.25, 0.3) is 11.4 Å². The van der Waals surface area contributed by atoms with Gasteiger partial charge in [0.1, 0.15) is 5.82 Å². The molecule has 33 heavy (non-hydrogen) atoms. The van der Waals surface area contributed by atoms with Crippen LogP contribution in [0.4, 0.5) is 10.1 Å². The van der Waals surface area contributed by atoms with E-state index in [9.17, 15) is 9.18 Å². The van der Waals surface area contributed by atoms with Crippen LogP contribution in [0, 0.1) is 5.82 Å². The van der Waals surface area contributed by atoms with Gasteiger partial charge in [0.25, 0.3) is 0 Å². The molecule has 1 aliphatic rings. The van der Waals surface area contributed by atoms with E-state index in [0.717, 1.165) is 17.7 Å². The summed E-state index contributed by atoms with van der Waals surface area (Å²) >= 11 is 1.36. The molecule has 3 aromatic carbocycles. The average Bonchev–Trinajstić information content (AvgIpc) is 3.44. The Morgan fingerprint density at radius 3 is 2.55 bits per heavy atom. The lowest BCUT2D eigenvalue weighted by Gasteiger charge is -2.21. The largest absolute Gasteiger partial charge is 0.311 e. The highest BCUT2D eigenvalue weighted by molar-refractivity contribution is 8.00. The summed E-state index contributed by atoms with van der Waals surface area (Å²) in [4.78, 5) is 15.2. The van der Waals surface area contributed by atoms with E-state index in [2.05, 4.69) is 16.3 Å². The number of carbonyl (C=O) groups is 1. The van der Waals surface area contributed by atoms with Crippen molar-refractivity contribution >= 4 is 23.4 Å². The summed E-state index contributed by atoms with van der Waals surface area (Å²) in [5, 5.41) is 8.89. The molecule has 1 atom stereocenters. The van der Waals surface area contributed by atoms with Crippen LogP contribution in [0.15, 0.2) is 84.0 Å². The second-order valence-corrected chi connectivity index (χ2v) is 9.29. The summed E-state index contributed by atoms with van der Waals surface area (Å²) in [5.74, 6) is 0.130. The van der Waals surface area contributed by atoms with Crippen LogP contribution in [-0.2, 0) is 17.8 Å². The fourth-order valence-electron chi connectivity index (χ4n) is 4.12. The van der Waals surface area contributed by atoms with E-state index in [0.29, 0.717) is 29.6 Å². The fraction of sp³-hybridized carbons (Fsp3) is 0.192. The van der Waals surface area contributed by atoms with Crippen LogP contribution >= 0.6 is 11.8 Å². The Labute approximate surface area is 196 Å². The van der Waals surface area contributed by atoms with Crippen LogP contribution in [0.1, 0.15) is 18.1 Å². The lowest BCUT2D eigenvalue weighted by molar-refractivity contribution is -0.117. The summed E-state index contributed by atoms with van der Waals surface area (Å²) < 4.78 is 16.5. The number of hydrogen-bond donors (Lipinski definition) is 0. The van der Waals surface area contributed by atoms with Crippen molar-refractivity contribution in [1.82, 2.24) is 14.8 Å². The Balaban J connectivity index is 1.45. The van der Waals surface area contributed by atoms with Gasteiger partial charge in [-0.25, -0.2) is 4.39 Å². The number of anilines is 1. The van der Waals surface area contributed by atoms with E-state index in [4.69, 9.17) is 0 Å². The molecule has 5 nitrogen and oxygen atoms in total. The maximum Gasteiger partial charge on any atom is 0.240 e. The highest BCUT2D eigenvalue weighted by Crippen LogP contribution is 2.33. The molecule has 7 heteroatoms. The molecule has 0 N–H and O–H groups in total. The number of benzene rings is 3. The Kier molecular flexibility index (Phi) is 5.96. The topological polar surface area (TPSA) is 51.0 Å². The molecule has 1 aromatic heterocycles. The minimum Gasteiger partial charge on any atom is -0.311 e. The van der Waals surface area contributed by atoms with E-state index in [1.54, 1.807) is 18.2 Å². The molecule has 166 valence electrons. The molecule has 0 fully saturated rings. The molecule has 0 aliphatic carbocycles. The van der Waals surface area contributed by atoms with Crippen LogP contribution in [0.5, 0.6) is 0 Å². The molecule has 0 bridgehead atoms. The van der Waals surface area contributed by atoms with Gasteiger partial charge < -0.3 is 4.90 Å². The van der Waals surface area contributed by atoms with Crippen molar-refractivity contribution in [2.45, 2.75) is 30.3 Å². The highest BCUT2D eigenvalue weighted by Gasteiger charge is 2.30. The summed E-state index contributed by atoms with van der Waals surface area (Å²) in [6.45, 7) is 3.05. The quantitative estimate of drug-likeness (QED) is 0.373. The predicted molar refractivity (Wildman–Crippen MR) is 129 cm³/mol. The molecule has 1 unspecified atom stereocenters. The number of amides is 1. The highest BCUT2D eigenvalue weighted by atomic mass is 32.2. The summed E-state index contributed by atoms with van der Waals surface area (Å²) in [6.07, 6.45) is 0.862. The third-order valence-electron chi connectivity index (χ3n) is 5.80. The monoisotopic (exact) mass is 458 g/mol. The van der Waals surface area contributed by atoms with Gasteiger partial charge in [0, 0.05) is 12.2 Å². The van der Waals surface area contributed by atoms with Crippen molar-refractivity contribution in [3.05, 3.63) is 95.8 Å². The first-order chi connectivity index (χ1) is 16.1. The van der Waals surface area contributed by atoms with Crippen LogP contribution in [-0.4, -0.2) is 32.5 Å². The average molecular weight is 459 g/mol. The summed E-state index contributed by atoms with van der Waals surface area (Å²) in [6, 6.07) is 24.5. The maximum atomic E-state index is 14.6. The van der Waals surface area contributed by atoms with Crippen molar-refractivity contribution in [2.75, 3.05) is 11.4 Å². The van der Waals surface area contributed by atoms with Gasteiger partial charge >= 0.3 is 0 Å². The number of halogens is 1. The van der Waals surface area contributed by atoms with Gasteiger partial charge in [0.05, 0.1) is 17.4 Å². The Morgan fingerprint density at radius 2 is 1.73 bits per heavy atom. The maximum absolute atomic E-state index is 14.6. The lowest BCUT2D eigenvalue weighted by atomic mass is 10.2. The van der Waals surface area contributed by atoms with Crippen molar-refractivity contribution in [1.29, 1.82) is 0 Å². The van der Waals surface area contributed by atoms with E-state index < -0.39 is 0 Å². The number of nitrogens with zero attached hydrogens (tertiary/aromatic N) is 4. The van der Waals surface area contributed by atoms with Gasteiger partial charge in [-0.1, -0.05) is 72.4 Å². The predicted octanol–water partition coefficient (Wildman–Crippen LogP) is 5.20. The first-order valence-corrected chi connectivity index (χ1v) is 11.8. The van der Waals surface area contributed by atoms with Gasteiger partial charge in [-0.05, 0) is 42.7 Å². The molecular weight excluding hydrogens is 435 g/mol. The normalized spacial score (nSPS) is 13.7. The van der Waals surface area contributed by atoms with Gasteiger partial charge in [0.2, 0.25) is 5.91 Å². The number of hydrogen-bond acceptors (Lipinski definition) is 4. The summed E-state index contributed by atoms with van der Waals surface area (Å²) in [5.41, 5.74) is 3.61. The number of fused-ring (bicyclic) bond motifs is 1. The molecule has 4 aromatic rings. The molecule has 0 radical (unpaired) electrons. The van der Waals surface area contributed by atoms with Crippen LogP contribution in [0.2, 0.25) is 0 Å². The molecule has 0 spiro atoms. The molecule has 1 aliphatic heterocycles. The molecular formula is C26H23FN4OS. The second-order valence-electron chi connectivity index (χ2n) is 7.99. The Morgan fingerprint density at radius 1 is 1.00 bits per heavy atom. The number of thioether (sulfide) groups is 1. The minimum atomic E-state index is -0.372. The number of rotatable bonds is 6. The van der Waals surface area contributed by atoms with E-state index in [-0.39, 0.29) is 17.0 Å². The zero-order valence-electron chi connectivity index (χ0n) is 18.2. The molecule has 5 rings (SSSR count). The van der Waals surface area contributed by atoms with Crippen molar-refractivity contribution in [3.63, 3.8) is 0 Å². The smallest absolute Gasteiger partial charge is 0.240 e. The van der Waals surface area contributed by atoms with E-state index >= 15 is 0 Å². The van der Waals surface area contributed by atoms with Crippen molar-refractivity contribution < 1.29 is 9.18 Å². The number of carbonyl (C=O) groups excluding carboxylic acids is 1. The zero-order valence-corrected chi connectivity index (χ0v) is 19.0. The SMILES string of the molecule is CC(Sc1nnc(-c2ccccc2F)n1Cc1ccccc1)C(=O)N1CCc2ccccc21. The number of aromatic nitrogens is 3. The minimum absolute atomic E-state index is 0.0339. The van der Waals surface area contributed by atoms with Crippen molar-refractivity contribution in [2.24, 2.45) is 0 Å². The molecule has 1 amide bonds. The Hall–Kier alpha value is -3.45. The van der Waals surface area contributed by atoms with E-state index in [1.807, 2.05) is 64.9 Å². The van der Waals surface area contributed by atoms with Gasteiger partial charge in [-0.2, -0.15) is 0 Å². The van der Waals surface area contributed by atoms with Gasteiger partial charge in [-0.15, -0.1) is 10.2 Å². The van der Waals surface area contributed by atoms with Gasteiger partial charge in [0.15, 0.2) is 11.0 Å². The second kappa shape index (κ2) is 9.19.